The van der Waals surface area contributed by atoms with Crippen molar-refractivity contribution < 1.29 is 0 Å². The van der Waals surface area contributed by atoms with Crippen LogP contribution >= 0.6 is 0 Å². The summed E-state index contributed by atoms with van der Waals surface area (Å²) in [5.74, 6) is 0.704. The Kier molecular flexibility index (Phi) is 3.03. The fourth-order valence-corrected chi connectivity index (χ4v) is 1.03. The second-order valence-electron chi connectivity index (χ2n) is 3.35. The van der Waals surface area contributed by atoms with Crippen LogP contribution in [0.4, 0.5) is 0 Å². The van der Waals surface area contributed by atoms with E-state index in [1.54, 1.807) is 0 Å². The fourth-order valence-electron chi connectivity index (χ4n) is 1.03. The average molecular weight is 142 g/mol. The third-order valence-corrected chi connectivity index (χ3v) is 2.12. The molecule has 0 spiro atoms. The largest absolute Gasteiger partial charge is 0.307 e. The summed E-state index contributed by atoms with van der Waals surface area (Å²) in [6.45, 7) is 11.8. The van der Waals surface area contributed by atoms with Gasteiger partial charge in [0.1, 0.15) is 5.66 Å². The Labute approximate surface area is 63.5 Å². The second-order valence-corrected chi connectivity index (χ2v) is 3.35. The maximum atomic E-state index is 5.95. The number of aliphatic imine (C=N–C) groups is 1. The van der Waals surface area contributed by atoms with Crippen LogP contribution in [-0.2, 0) is 0 Å². The van der Waals surface area contributed by atoms with Crippen molar-refractivity contribution >= 4 is 6.72 Å². The summed E-state index contributed by atoms with van der Waals surface area (Å²) < 4.78 is 0. The van der Waals surface area contributed by atoms with Gasteiger partial charge in [-0.15, -0.1) is 0 Å². The Bertz CT molecular complexity index is 108. The Morgan fingerprint density at radius 1 is 1.20 bits per heavy atom. The predicted octanol–water partition coefficient (Wildman–Crippen LogP) is 1.65. The quantitative estimate of drug-likeness (QED) is 0.598. The number of nitrogens with two attached hydrogens (primary N) is 1. The molecule has 0 aromatic rings. The van der Waals surface area contributed by atoms with Crippen molar-refractivity contribution in [3.63, 3.8) is 0 Å². The molecule has 0 aromatic heterocycles. The molecule has 0 aliphatic heterocycles. The lowest BCUT2D eigenvalue weighted by atomic mass is 9.87. The molecule has 0 rings (SSSR count). The molecular formula is C8H18N2. The van der Waals surface area contributed by atoms with Gasteiger partial charge in [-0.2, -0.15) is 0 Å². The molecule has 0 saturated carbocycles. The van der Waals surface area contributed by atoms with Crippen molar-refractivity contribution in [1.82, 2.24) is 0 Å². The van der Waals surface area contributed by atoms with E-state index >= 15 is 0 Å². The molecule has 0 aromatic carbocycles. The first-order chi connectivity index (χ1) is 4.45. The van der Waals surface area contributed by atoms with Crippen molar-refractivity contribution in [3.05, 3.63) is 0 Å². The lowest BCUT2D eigenvalue weighted by Gasteiger charge is -2.32. The van der Waals surface area contributed by atoms with Gasteiger partial charge in [0.2, 0.25) is 0 Å². The molecule has 0 bridgehead atoms. The maximum Gasteiger partial charge on any atom is 0.112 e. The van der Waals surface area contributed by atoms with Gasteiger partial charge < -0.3 is 5.73 Å². The first kappa shape index (κ1) is 9.63. The van der Waals surface area contributed by atoms with Gasteiger partial charge in [-0.25, -0.2) is 0 Å². The topological polar surface area (TPSA) is 38.4 Å². The van der Waals surface area contributed by atoms with Crippen LogP contribution in [0.5, 0.6) is 0 Å². The highest BCUT2D eigenvalue weighted by molar-refractivity contribution is 5.26. The minimum Gasteiger partial charge on any atom is -0.307 e. The normalized spacial score (nSPS) is 12.7. The first-order valence-corrected chi connectivity index (χ1v) is 3.72. The van der Waals surface area contributed by atoms with Crippen LogP contribution in [0.1, 0.15) is 27.7 Å². The van der Waals surface area contributed by atoms with Crippen molar-refractivity contribution in [2.45, 2.75) is 33.4 Å². The van der Waals surface area contributed by atoms with Gasteiger partial charge in [0.15, 0.2) is 0 Å². The molecule has 0 radical (unpaired) electrons. The van der Waals surface area contributed by atoms with Crippen LogP contribution in [0.15, 0.2) is 4.99 Å². The molecule has 2 heteroatoms. The van der Waals surface area contributed by atoms with E-state index in [4.69, 9.17) is 5.73 Å². The van der Waals surface area contributed by atoms with Gasteiger partial charge in [0.05, 0.1) is 0 Å². The summed E-state index contributed by atoms with van der Waals surface area (Å²) in [4.78, 5) is 3.95. The molecule has 0 aliphatic rings. The Morgan fingerprint density at radius 3 is 1.50 bits per heavy atom. The minimum absolute atomic E-state index is 0.352. The molecule has 2 N–H and O–H groups in total. The van der Waals surface area contributed by atoms with Gasteiger partial charge in [-0.3, -0.25) is 4.99 Å². The summed E-state index contributed by atoms with van der Waals surface area (Å²) in [5.41, 5.74) is 5.51. The SMILES string of the molecule is C=NC(N)(C(C)C)C(C)C. The molecule has 0 saturated heterocycles. The third kappa shape index (κ3) is 1.57. The van der Waals surface area contributed by atoms with E-state index in [2.05, 4.69) is 39.4 Å². The van der Waals surface area contributed by atoms with Crippen LogP contribution in [0.2, 0.25) is 0 Å². The zero-order valence-corrected chi connectivity index (χ0v) is 7.39. The van der Waals surface area contributed by atoms with E-state index in [-0.39, 0.29) is 0 Å². The molecule has 0 fully saturated rings. The summed E-state index contributed by atoms with van der Waals surface area (Å²) in [6.07, 6.45) is 0. The van der Waals surface area contributed by atoms with Gasteiger partial charge in [-0.05, 0) is 18.6 Å². The van der Waals surface area contributed by atoms with Crippen LogP contribution in [0.25, 0.3) is 0 Å². The van der Waals surface area contributed by atoms with E-state index in [1.807, 2.05) is 0 Å². The van der Waals surface area contributed by atoms with Crippen molar-refractivity contribution in [2.75, 3.05) is 0 Å². The van der Waals surface area contributed by atoms with Crippen LogP contribution < -0.4 is 5.73 Å². The molecule has 2 nitrogen and oxygen atoms in total. The Morgan fingerprint density at radius 2 is 1.50 bits per heavy atom. The van der Waals surface area contributed by atoms with Gasteiger partial charge in [-0.1, -0.05) is 27.7 Å². The highest BCUT2D eigenvalue weighted by Crippen LogP contribution is 2.23. The van der Waals surface area contributed by atoms with E-state index in [9.17, 15) is 0 Å². The minimum atomic E-state index is -0.444. The molecule has 0 unspecified atom stereocenters. The molecule has 0 amide bonds. The predicted molar refractivity (Wildman–Crippen MR) is 46.1 cm³/mol. The number of rotatable bonds is 3. The zero-order chi connectivity index (χ0) is 8.36. The highest BCUT2D eigenvalue weighted by Gasteiger charge is 2.30. The van der Waals surface area contributed by atoms with E-state index in [1.165, 1.54) is 0 Å². The lowest BCUT2D eigenvalue weighted by Crippen LogP contribution is -2.47. The van der Waals surface area contributed by atoms with Gasteiger partial charge >= 0.3 is 0 Å². The number of nitrogens with zero attached hydrogens (tertiary/aromatic N) is 1. The molecule has 60 valence electrons. The van der Waals surface area contributed by atoms with Crippen LogP contribution in [0.3, 0.4) is 0 Å². The first-order valence-electron chi connectivity index (χ1n) is 3.72. The fraction of sp³-hybridized carbons (Fsp3) is 0.875. The molecule has 10 heavy (non-hydrogen) atoms. The van der Waals surface area contributed by atoms with Crippen LogP contribution in [-0.4, -0.2) is 12.4 Å². The summed E-state index contributed by atoms with van der Waals surface area (Å²) >= 11 is 0. The smallest absolute Gasteiger partial charge is 0.112 e. The Hall–Kier alpha value is -0.370. The van der Waals surface area contributed by atoms with Crippen molar-refractivity contribution in [2.24, 2.45) is 22.6 Å². The highest BCUT2D eigenvalue weighted by atomic mass is 15.0. The average Bonchev–Trinajstić information content (AvgIpc) is 1.85. The van der Waals surface area contributed by atoms with E-state index < -0.39 is 5.66 Å². The summed E-state index contributed by atoms with van der Waals surface area (Å²) in [5, 5.41) is 0. The monoisotopic (exact) mass is 142 g/mol. The standard InChI is InChI=1S/C8H18N2/c1-6(2)8(9,10-5)7(3)4/h6-7H,5,9H2,1-4H3. The van der Waals surface area contributed by atoms with Gasteiger partial charge in [0.25, 0.3) is 0 Å². The van der Waals surface area contributed by atoms with Crippen LogP contribution in [0, 0.1) is 11.8 Å². The molecular weight excluding hydrogens is 124 g/mol. The zero-order valence-electron chi connectivity index (χ0n) is 7.39. The van der Waals surface area contributed by atoms with E-state index in [0.29, 0.717) is 11.8 Å². The lowest BCUT2D eigenvalue weighted by molar-refractivity contribution is 0.238. The number of hydrogen-bond donors (Lipinski definition) is 1. The Balaban J connectivity index is 4.38. The van der Waals surface area contributed by atoms with Gasteiger partial charge in [0, 0.05) is 0 Å². The van der Waals surface area contributed by atoms with Crippen molar-refractivity contribution in [1.29, 1.82) is 0 Å². The second kappa shape index (κ2) is 3.15. The molecule has 0 atom stereocenters. The molecule has 0 aliphatic carbocycles. The van der Waals surface area contributed by atoms with Crippen molar-refractivity contribution in [3.8, 4) is 0 Å². The summed E-state index contributed by atoms with van der Waals surface area (Å²) in [7, 11) is 0. The van der Waals surface area contributed by atoms with E-state index in [0.717, 1.165) is 0 Å². The molecule has 0 heterocycles. The number of hydrogen-bond acceptors (Lipinski definition) is 2. The maximum absolute atomic E-state index is 5.95. The third-order valence-electron chi connectivity index (χ3n) is 2.12. The summed E-state index contributed by atoms with van der Waals surface area (Å²) in [6, 6.07) is 0.